The first-order chi connectivity index (χ1) is 15.6. The number of carbonyl (C=O) groups excluding carboxylic acids is 1. The van der Waals surface area contributed by atoms with Gasteiger partial charge >= 0.3 is 6.03 Å². The highest BCUT2D eigenvalue weighted by Gasteiger charge is 2.20. The lowest BCUT2D eigenvalue weighted by Gasteiger charge is -2.32. The minimum atomic E-state index is -0.609. The number of hydrogen-bond donors (Lipinski definition) is 3. The van der Waals surface area contributed by atoms with Gasteiger partial charge in [-0.05, 0) is 42.2 Å². The summed E-state index contributed by atoms with van der Waals surface area (Å²) in [5, 5.41) is 16.0. The average Bonchev–Trinajstić information content (AvgIpc) is 2.83. The molecule has 0 aromatic heterocycles. The fourth-order valence-corrected chi connectivity index (χ4v) is 4.48. The molecule has 32 heavy (non-hydrogen) atoms. The van der Waals surface area contributed by atoms with Crippen molar-refractivity contribution in [3.63, 3.8) is 0 Å². The van der Waals surface area contributed by atoms with E-state index in [1.165, 1.54) is 16.7 Å². The van der Waals surface area contributed by atoms with Crippen LogP contribution in [-0.2, 0) is 17.7 Å². The maximum atomic E-state index is 12.3. The zero-order valence-corrected chi connectivity index (χ0v) is 18.8. The van der Waals surface area contributed by atoms with E-state index in [1.54, 1.807) is 0 Å². The molecular formula is C25H34N4O3. The molecule has 7 nitrogen and oxygen atoms in total. The number of anilines is 1. The minimum absolute atomic E-state index is 0.218. The Bertz CT molecular complexity index is 883. The number of rotatable bonds is 7. The number of aliphatic hydroxyl groups is 1. The topological polar surface area (TPSA) is 77.1 Å². The van der Waals surface area contributed by atoms with Gasteiger partial charge in [0.25, 0.3) is 0 Å². The molecule has 2 heterocycles. The van der Waals surface area contributed by atoms with Crippen molar-refractivity contribution < 1.29 is 14.6 Å². The highest BCUT2D eigenvalue weighted by atomic mass is 16.5. The Morgan fingerprint density at radius 2 is 1.78 bits per heavy atom. The van der Waals surface area contributed by atoms with Crippen LogP contribution in [0.1, 0.15) is 29.7 Å². The first-order valence-corrected chi connectivity index (χ1v) is 11.5. The second kappa shape index (κ2) is 10.9. The van der Waals surface area contributed by atoms with Gasteiger partial charge in [-0.1, -0.05) is 36.4 Å². The fraction of sp³-hybridized carbons (Fsp3) is 0.480. The van der Waals surface area contributed by atoms with Gasteiger partial charge in [0.05, 0.1) is 19.3 Å². The molecule has 7 heteroatoms. The predicted molar refractivity (Wildman–Crippen MR) is 126 cm³/mol. The van der Waals surface area contributed by atoms with Crippen LogP contribution >= 0.6 is 0 Å². The summed E-state index contributed by atoms with van der Waals surface area (Å²) in [5.41, 5.74) is 4.67. The first kappa shape index (κ1) is 22.7. The number of amides is 2. The molecule has 1 saturated heterocycles. The molecule has 2 amide bonds. The van der Waals surface area contributed by atoms with Gasteiger partial charge in [-0.2, -0.15) is 0 Å². The van der Waals surface area contributed by atoms with Gasteiger partial charge in [-0.15, -0.1) is 0 Å². The number of hydrogen-bond acceptors (Lipinski definition) is 5. The van der Waals surface area contributed by atoms with Crippen molar-refractivity contribution in [2.45, 2.75) is 32.0 Å². The molecular weight excluding hydrogens is 404 g/mol. The van der Waals surface area contributed by atoms with E-state index < -0.39 is 6.10 Å². The van der Waals surface area contributed by atoms with E-state index in [1.807, 2.05) is 12.1 Å². The summed E-state index contributed by atoms with van der Waals surface area (Å²) >= 11 is 0. The number of β-amino-alcohol motifs (C(OH)–C–C–N with tert-alkyl or cyclic N) is 1. The average molecular weight is 439 g/mol. The van der Waals surface area contributed by atoms with Crippen molar-refractivity contribution in [2.24, 2.45) is 0 Å². The number of nitrogens with zero attached hydrogens (tertiary/aromatic N) is 2. The van der Waals surface area contributed by atoms with Crippen LogP contribution in [0.2, 0.25) is 0 Å². The summed E-state index contributed by atoms with van der Waals surface area (Å²) in [4.78, 5) is 16.9. The largest absolute Gasteiger partial charge is 0.390 e. The second-order valence-electron chi connectivity index (χ2n) is 8.69. The van der Waals surface area contributed by atoms with Crippen LogP contribution in [0, 0.1) is 0 Å². The molecule has 0 spiro atoms. The normalized spacial score (nSPS) is 19.1. The molecule has 3 N–H and O–H groups in total. The molecule has 2 aromatic rings. The fourth-order valence-electron chi connectivity index (χ4n) is 4.48. The van der Waals surface area contributed by atoms with E-state index in [4.69, 9.17) is 4.74 Å². The number of ether oxygens (including phenoxy) is 1. The van der Waals surface area contributed by atoms with E-state index in [2.05, 4.69) is 63.8 Å². The van der Waals surface area contributed by atoms with Crippen LogP contribution in [0.25, 0.3) is 0 Å². The first-order valence-electron chi connectivity index (χ1n) is 11.5. The lowest BCUT2D eigenvalue weighted by Crippen LogP contribution is -2.42. The number of nitrogens with one attached hydrogen (secondary N) is 2. The smallest absolute Gasteiger partial charge is 0.319 e. The molecule has 172 valence electrons. The SMILES string of the molecule is CC(c1ccc(NC(=O)NCC(O)CN2CCc3ccccc3C2)cc1)N1CCOCC1. The Morgan fingerprint density at radius 3 is 2.53 bits per heavy atom. The number of carbonyl (C=O) groups is 1. The highest BCUT2D eigenvalue weighted by molar-refractivity contribution is 5.89. The van der Waals surface area contributed by atoms with E-state index >= 15 is 0 Å². The van der Waals surface area contributed by atoms with Gasteiger partial charge in [-0.3, -0.25) is 9.80 Å². The summed E-state index contributed by atoms with van der Waals surface area (Å²) in [6.45, 7) is 8.17. The Balaban J connectivity index is 1.19. The molecule has 2 aliphatic rings. The van der Waals surface area contributed by atoms with E-state index in [-0.39, 0.29) is 12.6 Å². The molecule has 2 aliphatic heterocycles. The number of benzene rings is 2. The number of aliphatic hydroxyl groups excluding tert-OH is 1. The quantitative estimate of drug-likeness (QED) is 0.620. The molecule has 2 aromatic carbocycles. The molecule has 1 fully saturated rings. The maximum Gasteiger partial charge on any atom is 0.319 e. The van der Waals surface area contributed by atoms with Gasteiger partial charge < -0.3 is 20.5 Å². The third kappa shape index (κ3) is 6.07. The van der Waals surface area contributed by atoms with Crippen molar-refractivity contribution in [1.82, 2.24) is 15.1 Å². The van der Waals surface area contributed by atoms with Gasteiger partial charge in [0, 0.05) is 51.0 Å². The molecule has 2 unspecified atom stereocenters. The Hall–Kier alpha value is -2.45. The van der Waals surface area contributed by atoms with E-state index in [0.717, 1.165) is 51.5 Å². The molecule has 2 atom stereocenters. The monoisotopic (exact) mass is 438 g/mol. The molecule has 0 radical (unpaired) electrons. The van der Waals surface area contributed by atoms with E-state index in [0.29, 0.717) is 12.6 Å². The highest BCUT2D eigenvalue weighted by Crippen LogP contribution is 2.23. The van der Waals surface area contributed by atoms with Gasteiger partial charge in [0.15, 0.2) is 0 Å². The lowest BCUT2D eigenvalue weighted by molar-refractivity contribution is 0.0198. The number of morpholine rings is 1. The Labute approximate surface area is 190 Å². The third-order valence-corrected chi connectivity index (χ3v) is 6.42. The predicted octanol–water partition coefficient (Wildman–Crippen LogP) is 2.62. The maximum absolute atomic E-state index is 12.3. The van der Waals surface area contributed by atoms with Crippen molar-refractivity contribution >= 4 is 11.7 Å². The van der Waals surface area contributed by atoms with Crippen molar-refractivity contribution in [3.05, 3.63) is 65.2 Å². The number of fused-ring (bicyclic) bond motifs is 1. The summed E-state index contributed by atoms with van der Waals surface area (Å²) < 4.78 is 5.43. The second-order valence-corrected chi connectivity index (χ2v) is 8.69. The molecule has 0 bridgehead atoms. The molecule has 4 rings (SSSR count). The van der Waals surface area contributed by atoms with Gasteiger partial charge in [0.1, 0.15) is 0 Å². The summed E-state index contributed by atoms with van der Waals surface area (Å²) in [6.07, 6.45) is 0.388. The van der Waals surface area contributed by atoms with Gasteiger partial charge in [0.2, 0.25) is 0 Å². The van der Waals surface area contributed by atoms with Crippen molar-refractivity contribution in [3.8, 4) is 0 Å². The van der Waals surface area contributed by atoms with Crippen LogP contribution < -0.4 is 10.6 Å². The summed E-state index contributed by atoms with van der Waals surface area (Å²) in [5.74, 6) is 0. The van der Waals surface area contributed by atoms with Gasteiger partial charge in [-0.25, -0.2) is 4.79 Å². The van der Waals surface area contributed by atoms with E-state index in [9.17, 15) is 9.90 Å². The summed E-state index contributed by atoms with van der Waals surface area (Å²) in [6, 6.07) is 16.4. The zero-order valence-electron chi connectivity index (χ0n) is 18.8. The van der Waals surface area contributed by atoms with Crippen LogP contribution in [0.5, 0.6) is 0 Å². The van der Waals surface area contributed by atoms with Crippen molar-refractivity contribution in [2.75, 3.05) is 51.3 Å². The number of urea groups is 1. The van der Waals surface area contributed by atoms with Crippen LogP contribution in [-0.4, -0.2) is 73.0 Å². The Morgan fingerprint density at radius 1 is 1.06 bits per heavy atom. The lowest BCUT2D eigenvalue weighted by atomic mass is 10.00. The minimum Gasteiger partial charge on any atom is -0.390 e. The van der Waals surface area contributed by atoms with Crippen molar-refractivity contribution in [1.29, 1.82) is 0 Å². The van der Waals surface area contributed by atoms with Crippen LogP contribution in [0.15, 0.2) is 48.5 Å². The zero-order chi connectivity index (χ0) is 22.3. The van der Waals surface area contributed by atoms with Crippen LogP contribution in [0.4, 0.5) is 10.5 Å². The standard InChI is InChI=1S/C25H34N4O3/c1-19(29-12-14-32-15-13-29)20-6-8-23(9-7-20)27-25(31)26-16-24(30)18-28-11-10-21-4-2-3-5-22(21)17-28/h2-9,19,24,30H,10-18H2,1H3,(H2,26,27,31). The summed E-state index contributed by atoms with van der Waals surface area (Å²) in [7, 11) is 0. The van der Waals surface area contributed by atoms with Crippen LogP contribution in [0.3, 0.4) is 0 Å². The molecule has 0 aliphatic carbocycles. The third-order valence-electron chi connectivity index (χ3n) is 6.42. The molecule has 0 saturated carbocycles. The Kier molecular flexibility index (Phi) is 7.76.